The van der Waals surface area contributed by atoms with Crippen molar-refractivity contribution in [3.05, 3.63) is 77.1 Å². The van der Waals surface area contributed by atoms with Gasteiger partial charge in [-0.15, -0.1) is 0 Å². The number of thioether (sulfide) groups is 1. The van der Waals surface area contributed by atoms with Crippen LogP contribution < -0.4 is 16.2 Å². The van der Waals surface area contributed by atoms with Gasteiger partial charge in [0.1, 0.15) is 17.8 Å². The highest BCUT2D eigenvalue weighted by molar-refractivity contribution is 8.14. The molecule has 3 N–H and O–H groups in total. The molecule has 3 heterocycles. The summed E-state index contributed by atoms with van der Waals surface area (Å²) in [6.07, 6.45) is 4.74. The number of carbonyl (C=O) groups is 1. The fourth-order valence-corrected chi connectivity index (χ4v) is 5.17. The predicted octanol–water partition coefficient (Wildman–Crippen LogP) is 3.56. The molecule has 0 aliphatic carbocycles. The summed E-state index contributed by atoms with van der Waals surface area (Å²) in [7, 11) is 0. The Bertz CT molecular complexity index is 1160. The second kappa shape index (κ2) is 8.68. The van der Waals surface area contributed by atoms with E-state index in [1.165, 1.54) is 28.5 Å². The summed E-state index contributed by atoms with van der Waals surface area (Å²) in [6.45, 7) is 4.23. The number of benzene rings is 2. The van der Waals surface area contributed by atoms with E-state index in [9.17, 15) is 13.6 Å². The highest BCUT2D eigenvalue weighted by Gasteiger charge is 2.44. The van der Waals surface area contributed by atoms with E-state index >= 15 is 0 Å². The van der Waals surface area contributed by atoms with Crippen LogP contribution in [0.1, 0.15) is 29.2 Å². The van der Waals surface area contributed by atoms with E-state index in [1.807, 2.05) is 17.3 Å². The first-order chi connectivity index (χ1) is 15.9. The number of nitrogens with zero attached hydrogens (tertiary/aromatic N) is 3. The smallest absolute Gasteiger partial charge is 0.234 e. The minimum atomic E-state index is -0.680. The summed E-state index contributed by atoms with van der Waals surface area (Å²) in [5.41, 5.74) is 10.4. The SMILES string of the molecule is Cc1ccc(C)c(C2CC3C4NN=C(SCC(=O)Nc5cc(F)ccc5F)N4C=CN3N2)c1. The van der Waals surface area contributed by atoms with Gasteiger partial charge in [-0.25, -0.2) is 14.2 Å². The lowest BCUT2D eigenvalue weighted by atomic mass is 9.95. The average molecular weight is 471 g/mol. The molecule has 172 valence electrons. The van der Waals surface area contributed by atoms with Crippen molar-refractivity contribution >= 4 is 28.5 Å². The van der Waals surface area contributed by atoms with Gasteiger partial charge in [-0.1, -0.05) is 35.5 Å². The first-order valence-electron chi connectivity index (χ1n) is 10.7. The molecule has 0 radical (unpaired) electrons. The minimum Gasteiger partial charge on any atom is -0.323 e. The maximum absolute atomic E-state index is 13.8. The Morgan fingerprint density at radius 2 is 2.06 bits per heavy atom. The number of hydrogen-bond donors (Lipinski definition) is 3. The maximum Gasteiger partial charge on any atom is 0.234 e. The van der Waals surface area contributed by atoms with Gasteiger partial charge in [-0.05, 0) is 43.5 Å². The van der Waals surface area contributed by atoms with E-state index in [1.54, 1.807) is 0 Å². The minimum absolute atomic E-state index is 0.0191. The second-order valence-electron chi connectivity index (χ2n) is 8.39. The molecule has 10 heteroatoms. The maximum atomic E-state index is 13.8. The van der Waals surface area contributed by atoms with Crippen LogP contribution in [0.5, 0.6) is 0 Å². The number of hydrazine groups is 1. The van der Waals surface area contributed by atoms with Crippen molar-refractivity contribution in [1.29, 1.82) is 0 Å². The Balaban J connectivity index is 1.21. The lowest BCUT2D eigenvalue weighted by Gasteiger charge is -2.36. The molecule has 2 aromatic carbocycles. The van der Waals surface area contributed by atoms with Crippen molar-refractivity contribution < 1.29 is 13.6 Å². The van der Waals surface area contributed by atoms with Crippen molar-refractivity contribution in [2.24, 2.45) is 5.10 Å². The standard InChI is InChI=1S/C23H24F2N6OS/c1-13-3-4-14(2)16(9-13)18-11-20-22-27-28-23(30(22)7-8-31(20)29-18)33-12-21(32)26-19-10-15(24)5-6-17(19)25/h3-10,18,20,22,27,29H,11-12H2,1-2H3,(H,26,32). The molecule has 0 saturated carbocycles. The van der Waals surface area contributed by atoms with E-state index < -0.39 is 17.5 Å². The number of amides is 1. The summed E-state index contributed by atoms with van der Waals surface area (Å²) in [6, 6.07) is 9.81. The number of anilines is 1. The van der Waals surface area contributed by atoms with Gasteiger partial charge in [-0.3, -0.25) is 10.2 Å². The molecule has 0 aromatic heterocycles. The number of nitrogens with one attached hydrogen (secondary N) is 3. The van der Waals surface area contributed by atoms with Gasteiger partial charge >= 0.3 is 0 Å². The third-order valence-electron chi connectivity index (χ3n) is 6.05. The van der Waals surface area contributed by atoms with Crippen LogP contribution in [0.25, 0.3) is 0 Å². The van der Waals surface area contributed by atoms with Crippen LogP contribution >= 0.6 is 11.8 Å². The number of rotatable bonds is 4. The van der Waals surface area contributed by atoms with Gasteiger partial charge in [0.05, 0.1) is 23.5 Å². The molecule has 2 aromatic rings. The number of fused-ring (bicyclic) bond motifs is 3. The quantitative estimate of drug-likeness (QED) is 0.635. The monoisotopic (exact) mass is 470 g/mol. The zero-order valence-electron chi connectivity index (χ0n) is 18.2. The number of aryl methyl sites for hydroxylation is 2. The van der Waals surface area contributed by atoms with Gasteiger partial charge in [0.2, 0.25) is 5.91 Å². The van der Waals surface area contributed by atoms with Crippen molar-refractivity contribution in [2.75, 3.05) is 11.1 Å². The summed E-state index contributed by atoms with van der Waals surface area (Å²) < 4.78 is 27.1. The van der Waals surface area contributed by atoms with Crippen molar-refractivity contribution in [2.45, 2.75) is 38.5 Å². The molecule has 5 rings (SSSR count). The molecule has 3 aliphatic heterocycles. The lowest BCUT2D eigenvalue weighted by molar-refractivity contribution is -0.113. The van der Waals surface area contributed by atoms with Crippen LogP contribution in [0.4, 0.5) is 14.5 Å². The summed E-state index contributed by atoms with van der Waals surface area (Å²) in [5, 5.41) is 9.60. The third kappa shape index (κ3) is 4.28. The second-order valence-corrected chi connectivity index (χ2v) is 9.33. The van der Waals surface area contributed by atoms with Crippen LogP contribution in [-0.2, 0) is 4.79 Å². The van der Waals surface area contributed by atoms with Crippen LogP contribution in [0.3, 0.4) is 0 Å². The van der Waals surface area contributed by atoms with Gasteiger partial charge in [-0.2, -0.15) is 5.10 Å². The van der Waals surface area contributed by atoms with Gasteiger partial charge in [0, 0.05) is 18.5 Å². The Morgan fingerprint density at radius 3 is 2.91 bits per heavy atom. The molecule has 1 fully saturated rings. The normalized spacial score (nSPS) is 23.2. The Morgan fingerprint density at radius 1 is 1.21 bits per heavy atom. The number of halogens is 2. The van der Waals surface area contributed by atoms with E-state index in [4.69, 9.17) is 0 Å². The molecule has 0 spiro atoms. The first-order valence-corrected chi connectivity index (χ1v) is 11.7. The fourth-order valence-electron chi connectivity index (χ4n) is 4.40. The van der Waals surface area contributed by atoms with E-state index in [-0.39, 0.29) is 29.7 Å². The molecular formula is C23H24F2N6OS. The third-order valence-corrected chi connectivity index (χ3v) is 7.02. The van der Waals surface area contributed by atoms with Crippen molar-refractivity contribution in [3.63, 3.8) is 0 Å². The molecule has 3 atom stereocenters. The number of amidine groups is 1. The van der Waals surface area contributed by atoms with E-state index in [2.05, 4.69) is 58.3 Å². The van der Waals surface area contributed by atoms with Gasteiger partial charge in [0.15, 0.2) is 5.17 Å². The molecule has 0 bridgehead atoms. The Kier molecular flexibility index (Phi) is 5.71. The molecule has 1 amide bonds. The van der Waals surface area contributed by atoms with Crippen LogP contribution in [0, 0.1) is 25.5 Å². The number of hydrazone groups is 1. The number of hydrogen-bond acceptors (Lipinski definition) is 7. The largest absolute Gasteiger partial charge is 0.323 e. The molecule has 1 saturated heterocycles. The fraction of sp³-hybridized carbons (Fsp3) is 0.304. The van der Waals surface area contributed by atoms with Crippen LogP contribution in [0.15, 0.2) is 53.9 Å². The topological polar surface area (TPSA) is 72.0 Å². The van der Waals surface area contributed by atoms with Gasteiger partial charge < -0.3 is 15.2 Å². The van der Waals surface area contributed by atoms with Crippen LogP contribution in [0.2, 0.25) is 0 Å². The summed E-state index contributed by atoms with van der Waals surface area (Å²) in [5.74, 6) is -1.71. The number of carbonyl (C=O) groups excluding carboxylic acids is 1. The van der Waals surface area contributed by atoms with Crippen molar-refractivity contribution in [1.82, 2.24) is 20.8 Å². The summed E-state index contributed by atoms with van der Waals surface area (Å²) >= 11 is 1.24. The molecule has 3 unspecified atom stereocenters. The Hall–Kier alpha value is -3.11. The highest BCUT2D eigenvalue weighted by atomic mass is 32.2. The molecular weight excluding hydrogens is 446 g/mol. The van der Waals surface area contributed by atoms with E-state index in [0.717, 1.165) is 24.6 Å². The van der Waals surface area contributed by atoms with Crippen molar-refractivity contribution in [3.8, 4) is 0 Å². The highest BCUT2D eigenvalue weighted by Crippen LogP contribution is 2.36. The van der Waals surface area contributed by atoms with E-state index in [0.29, 0.717) is 5.17 Å². The summed E-state index contributed by atoms with van der Waals surface area (Å²) in [4.78, 5) is 14.3. The zero-order valence-corrected chi connectivity index (χ0v) is 19.0. The average Bonchev–Trinajstić information content (AvgIpc) is 3.40. The zero-order chi connectivity index (χ0) is 23.1. The van der Waals surface area contributed by atoms with Crippen LogP contribution in [-0.4, -0.2) is 38.9 Å². The van der Waals surface area contributed by atoms with Gasteiger partial charge in [0.25, 0.3) is 0 Å². The predicted molar refractivity (Wildman–Crippen MR) is 125 cm³/mol. The molecule has 33 heavy (non-hydrogen) atoms. The first kappa shape index (κ1) is 21.7. The molecule has 3 aliphatic rings. The Labute approximate surface area is 194 Å². The lowest BCUT2D eigenvalue weighted by Crippen LogP contribution is -2.54. The molecule has 7 nitrogen and oxygen atoms in total.